The molecule has 0 saturated carbocycles. The van der Waals surface area contributed by atoms with Crippen molar-refractivity contribution in [3.63, 3.8) is 0 Å². The molecule has 0 bridgehead atoms. The summed E-state index contributed by atoms with van der Waals surface area (Å²) < 4.78 is 3.30. The smallest absolute Gasteiger partial charge is 0.0443 e. The maximum atomic E-state index is 4.25. The molecule has 0 saturated heterocycles. The van der Waals surface area contributed by atoms with E-state index in [0.29, 0.717) is 0 Å². The van der Waals surface area contributed by atoms with Gasteiger partial charge in [0.2, 0.25) is 0 Å². The van der Waals surface area contributed by atoms with E-state index in [1.165, 1.54) is 10.5 Å². The highest BCUT2D eigenvalue weighted by atomic mass is 32.2. The molecule has 0 spiro atoms. The number of aryl methyl sites for hydroxylation is 1. The minimum atomic E-state index is 0.986. The van der Waals surface area contributed by atoms with Crippen LogP contribution in [0.2, 0.25) is 0 Å². The monoisotopic (exact) mass is 247 g/mol. The lowest BCUT2D eigenvalue weighted by atomic mass is 10.2. The zero-order chi connectivity index (χ0) is 11.4. The predicted molar refractivity (Wildman–Crippen MR) is 74.4 cm³/mol. The normalized spacial score (nSPS) is 10.1. The Kier molecular flexibility index (Phi) is 3.80. The molecule has 1 N–H and O–H groups in total. The van der Waals surface area contributed by atoms with Crippen molar-refractivity contribution in [3.05, 3.63) is 54.1 Å². The van der Waals surface area contributed by atoms with Gasteiger partial charge in [-0.2, -0.15) is 0 Å². The number of nitrogens with one attached hydrogen (secondary N) is 1. The van der Waals surface area contributed by atoms with Crippen LogP contribution in [0.4, 0.5) is 5.69 Å². The first-order valence-electron chi connectivity index (χ1n) is 5.02. The maximum absolute atomic E-state index is 4.25. The summed E-state index contributed by atoms with van der Waals surface area (Å²) in [6.45, 7) is 2.09. The molecule has 0 fully saturated rings. The third-order valence-electron chi connectivity index (χ3n) is 2.18. The van der Waals surface area contributed by atoms with E-state index in [1.54, 1.807) is 11.9 Å². The van der Waals surface area contributed by atoms with Crippen LogP contribution in [0.1, 0.15) is 5.56 Å². The minimum Gasteiger partial charge on any atom is -0.326 e. The summed E-state index contributed by atoms with van der Waals surface area (Å²) in [5.74, 6) is 0. The lowest BCUT2D eigenvalue weighted by molar-refractivity contribution is 1.36. The summed E-state index contributed by atoms with van der Waals surface area (Å²) in [7, 11) is 0. The quantitative estimate of drug-likeness (QED) is 0.616. The van der Waals surface area contributed by atoms with Gasteiger partial charge in [0.05, 0.1) is 0 Å². The average Bonchev–Trinajstić information content (AvgIpc) is 2.30. The van der Waals surface area contributed by atoms with Gasteiger partial charge in [0.25, 0.3) is 0 Å². The fraction of sp³-hybridized carbons (Fsp3) is 0.0769. The van der Waals surface area contributed by atoms with Crippen molar-refractivity contribution < 1.29 is 0 Å². The summed E-state index contributed by atoms with van der Waals surface area (Å²) in [4.78, 5) is 2.16. The van der Waals surface area contributed by atoms with E-state index in [1.807, 2.05) is 24.3 Å². The molecule has 0 aliphatic carbocycles. The average molecular weight is 247 g/mol. The number of thiol groups is 1. The summed E-state index contributed by atoms with van der Waals surface area (Å²) in [5.41, 5.74) is 2.39. The number of rotatable bonds is 3. The summed E-state index contributed by atoms with van der Waals surface area (Å²) in [6.07, 6.45) is 0. The first-order chi connectivity index (χ1) is 7.74. The third kappa shape index (κ3) is 3.22. The van der Waals surface area contributed by atoms with E-state index >= 15 is 0 Å². The number of benzene rings is 2. The van der Waals surface area contributed by atoms with E-state index in [0.717, 1.165) is 10.6 Å². The fourth-order valence-electron chi connectivity index (χ4n) is 1.25. The molecule has 16 heavy (non-hydrogen) atoms. The van der Waals surface area contributed by atoms with Gasteiger partial charge in [0.1, 0.15) is 0 Å². The van der Waals surface area contributed by atoms with Crippen molar-refractivity contribution in [2.75, 3.05) is 4.72 Å². The van der Waals surface area contributed by atoms with Gasteiger partial charge in [-0.25, -0.2) is 0 Å². The van der Waals surface area contributed by atoms with Gasteiger partial charge in [-0.05, 0) is 55.3 Å². The molecule has 2 rings (SSSR count). The van der Waals surface area contributed by atoms with Crippen LogP contribution >= 0.6 is 24.6 Å². The largest absolute Gasteiger partial charge is 0.326 e. The van der Waals surface area contributed by atoms with Crippen molar-refractivity contribution in [2.45, 2.75) is 16.7 Å². The van der Waals surface area contributed by atoms with Gasteiger partial charge in [-0.1, -0.05) is 17.7 Å². The molecule has 0 aliphatic rings. The molecule has 0 unspecified atom stereocenters. The van der Waals surface area contributed by atoms with Crippen LogP contribution in [-0.4, -0.2) is 0 Å². The van der Waals surface area contributed by atoms with Gasteiger partial charge in [0, 0.05) is 15.5 Å². The van der Waals surface area contributed by atoms with Crippen LogP contribution < -0.4 is 4.72 Å². The first kappa shape index (κ1) is 11.4. The lowest BCUT2D eigenvalue weighted by Gasteiger charge is -2.05. The Morgan fingerprint density at radius 3 is 2.19 bits per heavy atom. The summed E-state index contributed by atoms with van der Waals surface area (Å²) >= 11 is 5.86. The molecular weight excluding hydrogens is 234 g/mol. The number of anilines is 1. The predicted octanol–water partition coefficient (Wildman–Crippen LogP) is 4.40. The SMILES string of the molecule is Cc1ccc(NSc2ccc(S)cc2)cc1. The Labute approximate surface area is 106 Å². The van der Waals surface area contributed by atoms with Crippen LogP contribution in [-0.2, 0) is 0 Å². The highest BCUT2D eigenvalue weighted by Gasteiger charge is 1.94. The van der Waals surface area contributed by atoms with Gasteiger partial charge in [-0.3, -0.25) is 0 Å². The second-order valence-electron chi connectivity index (χ2n) is 3.56. The molecule has 0 radical (unpaired) electrons. The molecule has 0 heterocycles. The Bertz CT molecular complexity index is 403. The van der Waals surface area contributed by atoms with Crippen LogP contribution in [0.25, 0.3) is 0 Å². The molecular formula is C13H13NS2. The molecule has 0 atom stereocenters. The number of hydrogen-bond acceptors (Lipinski definition) is 3. The third-order valence-corrected chi connectivity index (χ3v) is 3.32. The van der Waals surface area contributed by atoms with Crippen molar-refractivity contribution in [1.82, 2.24) is 0 Å². The topological polar surface area (TPSA) is 12.0 Å². The van der Waals surface area contributed by atoms with E-state index in [-0.39, 0.29) is 0 Å². The molecule has 1 nitrogen and oxygen atoms in total. The molecule has 2 aromatic rings. The van der Waals surface area contributed by atoms with E-state index < -0.39 is 0 Å². The molecule has 0 aliphatic heterocycles. The zero-order valence-corrected chi connectivity index (χ0v) is 10.7. The Morgan fingerprint density at radius 1 is 0.938 bits per heavy atom. The van der Waals surface area contributed by atoms with E-state index in [2.05, 4.69) is 48.5 Å². The van der Waals surface area contributed by atoms with Gasteiger partial charge >= 0.3 is 0 Å². The van der Waals surface area contributed by atoms with Crippen molar-refractivity contribution >= 4 is 30.3 Å². The van der Waals surface area contributed by atoms with Gasteiger partial charge in [-0.15, -0.1) is 12.6 Å². The van der Waals surface area contributed by atoms with Gasteiger partial charge in [0.15, 0.2) is 0 Å². The summed E-state index contributed by atoms with van der Waals surface area (Å²) in [6, 6.07) is 16.4. The van der Waals surface area contributed by atoms with Crippen LogP contribution in [0.3, 0.4) is 0 Å². The molecule has 0 amide bonds. The van der Waals surface area contributed by atoms with Crippen LogP contribution in [0.5, 0.6) is 0 Å². The van der Waals surface area contributed by atoms with Crippen LogP contribution in [0.15, 0.2) is 58.3 Å². The standard InChI is InChI=1S/C13H13NS2/c1-10-2-4-11(5-3-10)14-16-13-8-6-12(15)7-9-13/h2-9,14-15H,1H3. The van der Waals surface area contributed by atoms with Crippen molar-refractivity contribution in [2.24, 2.45) is 0 Å². The van der Waals surface area contributed by atoms with E-state index in [9.17, 15) is 0 Å². The molecule has 0 aromatic heterocycles. The Hall–Kier alpha value is -1.06. The zero-order valence-electron chi connectivity index (χ0n) is 8.97. The van der Waals surface area contributed by atoms with Crippen molar-refractivity contribution in [1.29, 1.82) is 0 Å². The fourth-order valence-corrected chi connectivity index (χ4v) is 2.05. The number of hydrogen-bond donors (Lipinski definition) is 2. The van der Waals surface area contributed by atoms with Crippen molar-refractivity contribution in [3.8, 4) is 0 Å². The van der Waals surface area contributed by atoms with E-state index in [4.69, 9.17) is 0 Å². The lowest BCUT2D eigenvalue weighted by Crippen LogP contribution is -1.86. The first-order valence-corrected chi connectivity index (χ1v) is 6.29. The maximum Gasteiger partial charge on any atom is 0.0443 e. The second kappa shape index (κ2) is 5.32. The molecule has 2 aromatic carbocycles. The highest BCUT2D eigenvalue weighted by Crippen LogP contribution is 2.22. The second-order valence-corrected chi connectivity index (χ2v) is 4.96. The molecule has 82 valence electrons. The Balaban J connectivity index is 1.97. The molecule has 3 heteroatoms. The summed E-state index contributed by atoms with van der Waals surface area (Å²) in [5, 5.41) is 0. The van der Waals surface area contributed by atoms with Gasteiger partial charge < -0.3 is 4.72 Å². The van der Waals surface area contributed by atoms with Crippen LogP contribution in [0, 0.1) is 6.92 Å². The highest BCUT2D eigenvalue weighted by molar-refractivity contribution is 8.00. The Morgan fingerprint density at radius 2 is 1.56 bits per heavy atom. The minimum absolute atomic E-state index is 0.986.